The number of esters is 2. The maximum Gasteiger partial charge on any atom is 0.356 e. The fourth-order valence-electron chi connectivity index (χ4n) is 3.47. The van der Waals surface area contributed by atoms with E-state index in [1.165, 1.54) is 14.2 Å². The van der Waals surface area contributed by atoms with Crippen molar-refractivity contribution >= 4 is 43.8 Å². The van der Waals surface area contributed by atoms with Crippen LogP contribution in [0, 0.1) is 0 Å². The SMILES string of the molecule is COC(=O)c1ccc(C2CCCO2)c(Br)n1.COC(=O)c1ccc(C2CCOC2)c(Br)n1. The molecule has 32 heavy (non-hydrogen) atoms. The average Bonchev–Trinajstić information content (AvgIpc) is 3.53. The molecule has 172 valence electrons. The number of rotatable bonds is 4. The lowest BCUT2D eigenvalue weighted by molar-refractivity contribution is 0.0585. The van der Waals surface area contributed by atoms with E-state index in [0.717, 1.165) is 50.2 Å². The highest BCUT2D eigenvalue weighted by atomic mass is 79.9. The summed E-state index contributed by atoms with van der Waals surface area (Å²) >= 11 is 6.74. The number of pyridine rings is 2. The van der Waals surface area contributed by atoms with Gasteiger partial charge < -0.3 is 18.9 Å². The number of aromatic nitrogens is 2. The highest BCUT2D eigenvalue weighted by molar-refractivity contribution is 9.10. The second kappa shape index (κ2) is 11.8. The Hall–Kier alpha value is -1.88. The molecule has 0 saturated carbocycles. The molecule has 2 aliphatic rings. The Labute approximate surface area is 203 Å². The topological polar surface area (TPSA) is 96.8 Å². The van der Waals surface area contributed by atoms with E-state index in [-0.39, 0.29) is 6.10 Å². The highest BCUT2D eigenvalue weighted by Gasteiger charge is 2.23. The molecule has 2 aromatic heterocycles. The minimum atomic E-state index is -0.431. The van der Waals surface area contributed by atoms with Crippen molar-refractivity contribution in [3.05, 3.63) is 56.0 Å². The third-order valence-electron chi connectivity index (χ3n) is 5.19. The van der Waals surface area contributed by atoms with E-state index in [0.29, 0.717) is 26.5 Å². The lowest BCUT2D eigenvalue weighted by atomic mass is 10.0. The average molecular weight is 572 g/mol. The number of nitrogens with zero attached hydrogens (tertiary/aromatic N) is 2. The Morgan fingerprint density at radius 2 is 1.50 bits per heavy atom. The first-order valence-electron chi connectivity index (χ1n) is 10.1. The summed E-state index contributed by atoms with van der Waals surface area (Å²) in [6.45, 7) is 2.30. The van der Waals surface area contributed by atoms with Gasteiger partial charge in [-0.2, -0.15) is 0 Å². The quantitative estimate of drug-likeness (QED) is 0.387. The Balaban J connectivity index is 0.000000181. The first-order chi connectivity index (χ1) is 15.4. The summed E-state index contributed by atoms with van der Waals surface area (Å²) in [6.07, 6.45) is 3.15. The molecule has 0 bridgehead atoms. The van der Waals surface area contributed by atoms with Crippen LogP contribution >= 0.6 is 31.9 Å². The van der Waals surface area contributed by atoms with Gasteiger partial charge in [-0.15, -0.1) is 0 Å². The molecule has 2 saturated heterocycles. The Morgan fingerprint density at radius 1 is 0.906 bits per heavy atom. The summed E-state index contributed by atoms with van der Waals surface area (Å²) in [7, 11) is 2.68. The second-order valence-corrected chi connectivity index (χ2v) is 8.70. The molecule has 2 fully saturated rings. The summed E-state index contributed by atoms with van der Waals surface area (Å²) in [4.78, 5) is 30.9. The van der Waals surface area contributed by atoms with Crippen LogP contribution in [0.4, 0.5) is 0 Å². The van der Waals surface area contributed by atoms with E-state index in [1.807, 2.05) is 12.1 Å². The molecule has 0 N–H and O–H groups in total. The van der Waals surface area contributed by atoms with Crippen LogP contribution in [0.3, 0.4) is 0 Å². The van der Waals surface area contributed by atoms with Crippen LogP contribution in [0.1, 0.15) is 63.4 Å². The van der Waals surface area contributed by atoms with Crippen molar-refractivity contribution in [2.24, 2.45) is 0 Å². The van der Waals surface area contributed by atoms with Crippen molar-refractivity contribution < 1.29 is 28.5 Å². The third-order valence-corrected chi connectivity index (χ3v) is 6.46. The lowest BCUT2D eigenvalue weighted by Gasteiger charge is -2.11. The smallest absolute Gasteiger partial charge is 0.356 e. The minimum Gasteiger partial charge on any atom is -0.464 e. The van der Waals surface area contributed by atoms with Crippen molar-refractivity contribution in [2.45, 2.75) is 31.3 Å². The summed E-state index contributed by atoms with van der Waals surface area (Å²) in [6, 6.07) is 7.11. The van der Waals surface area contributed by atoms with Gasteiger partial charge in [-0.3, -0.25) is 0 Å². The number of halogens is 2. The fraction of sp³-hybridized carbons (Fsp3) is 0.455. The normalized spacial score (nSPS) is 19.8. The molecule has 2 aromatic rings. The zero-order valence-electron chi connectivity index (χ0n) is 17.8. The molecule has 8 nitrogen and oxygen atoms in total. The fourth-order valence-corrected chi connectivity index (χ4v) is 4.70. The molecule has 4 heterocycles. The van der Waals surface area contributed by atoms with Gasteiger partial charge in [0, 0.05) is 24.7 Å². The van der Waals surface area contributed by atoms with Gasteiger partial charge in [0.2, 0.25) is 0 Å². The van der Waals surface area contributed by atoms with Gasteiger partial charge in [-0.05, 0) is 68.8 Å². The molecule has 0 amide bonds. The second-order valence-electron chi connectivity index (χ2n) is 7.20. The van der Waals surface area contributed by atoms with Crippen molar-refractivity contribution in [2.75, 3.05) is 34.0 Å². The molecule has 0 aromatic carbocycles. The molecular formula is C22H24Br2N2O6. The molecule has 4 rings (SSSR count). The first-order valence-corrected chi connectivity index (χ1v) is 11.7. The number of carbonyl (C=O) groups excluding carboxylic acids is 2. The Morgan fingerprint density at radius 3 is 1.94 bits per heavy atom. The highest BCUT2D eigenvalue weighted by Crippen LogP contribution is 2.32. The van der Waals surface area contributed by atoms with E-state index in [2.05, 4.69) is 51.3 Å². The predicted octanol–water partition coefficient (Wildman–Crippen LogP) is 4.62. The van der Waals surface area contributed by atoms with E-state index in [1.54, 1.807) is 12.1 Å². The number of hydrogen-bond donors (Lipinski definition) is 0. The monoisotopic (exact) mass is 570 g/mol. The van der Waals surface area contributed by atoms with Gasteiger partial charge in [0.05, 0.1) is 26.9 Å². The van der Waals surface area contributed by atoms with Gasteiger partial charge in [0.15, 0.2) is 0 Å². The van der Waals surface area contributed by atoms with Crippen molar-refractivity contribution in [3.8, 4) is 0 Å². The van der Waals surface area contributed by atoms with Crippen LogP contribution in [0.2, 0.25) is 0 Å². The zero-order chi connectivity index (χ0) is 23.1. The molecule has 10 heteroatoms. The maximum atomic E-state index is 11.3. The van der Waals surface area contributed by atoms with Crippen LogP contribution in [-0.4, -0.2) is 55.9 Å². The summed E-state index contributed by atoms with van der Waals surface area (Å²) in [5.41, 5.74) is 2.70. The van der Waals surface area contributed by atoms with E-state index < -0.39 is 11.9 Å². The molecule has 0 spiro atoms. The van der Waals surface area contributed by atoms with E-state index >= 15 is 0 Å². The van der Waals surface area contributed by atoms with Crippen LogP contribution in [0.15, 0.2) is 33.5 Å². The third kappa shape index (κ3) is 6.12. The van der Waals surface area contributed by atoms with Gasteiger partial charge >= 0.3 is 11.9 Å². The molecule has 2 aliphatic heterocycles. The van der Waals surface area contributed by atoms with Crippen molar-refractivity contribution in [1.82, 2.24) is 9.97 Å². The van der Waals surface area contributed by atoms with Crippen molar-refractivity contribution in [1.29, 1.82) is 0 Å². The van der Waals surface area contributed by atoms with Gasteiger partial charge in [-0.1, -0.05) is 12.1 Å². The molecule has 0 aliphatic carbocycles. The van der Waals surface area contributed by atoms with E-state index in [9.17, 15) is 9.59 Å². The van der Waals surface area contributed by atoms with Crippen LogP contribution in [-0.2, 0) is 18.9 Å². The number of carbonyl (C=O) groups is 2. The molecule has 0 radical (unpaired) electrons. The molecule has 2 unspecified atom stereocenters. The zero-order valence-corrected chi connectivity index (χ0v) is 21.0. The van der Waals surface area contributed by atoms with Crippen LogP contribution in [0.25, 0.3) is 0 Å². The standard InChI is InChI=1S/2C11H12BrNO3/c1-15-11(14)9-3-2-8(10(12)13-9)7-4-5-16-6-7;1-15-11(14)8-5-4-7(10(12)13-8)9-3-2-6-16-9/h2-3,7H,4-6H2,1H3;4-5,9H,2-3,6H2,1H3. The van der Waals surface area contributed by atoms with E-state index in [4.69, 9.17) is 9.47 Å². The number of methoxy groups -OCH3 is 2. The van der Waals surface area contributed by atoms with Gasteiger partial charge in [0.1, 0.15) is 20.6 Å². The molecular weight excluding hydrogens is 548 g/mol. The summed E-state index contributed by atoms with van der Waals surface area (Å²) in [5, 5.41) is 0. The number of ether oxygens (including phenoxy) is 4. The van der Waals surface area contributed by atoms with Crippen LogP contribution in [0.5, 0.6) is 0 Å². The first kappa shape index (κ1) is 24.8. The Kier molecular flexibility index (Phi) is 9.15. The molecule has 2 atom stereocenters. The van der Waals surface area contributed by atoms with Crippen LogP contribution < -0.4 is 0 Å². The maximum absolute atomic E-state index is 11.3. The largest absolute Gasteiger partial charge is 0.464 e. The lowest BCUT2D eigenvalue weighted by Crippen LogP contribution is -2.07. The summed E-state index contributed by atoms with van der Waals surface area (Å²) < 4.78 is 21.5. The summed E-state index contributed by atoms with van der Waals surface area (Å²) in [5.74, 6) is -0.483. The number of hydrogen-bond acceptors (Lipinski definition) is 8. The van der Waals surface area contributed by atoms with Gasteiger partial charge in [-0.25, -0.2) is 19.6 Å². The minimum absolute atomic E-state index is 0.0913. The Bertz CT molecular complexity index is 882. The predicted molar refractivity (Wildman–Crippen MR) is 123 cm³/mol. The van der Waals surface area contributed by atoms with Gasteiger partial charge in [0.25, 0.3) is 0 Å². The van der Waals surface area contributed by atoms with Crippen molar-refractivity contribution in [3.63, 3.8) is 0 Å².